The molecule has 3 saturated carbocycles. The van der Waals surface area contributed by atoms with Gasteiger partial charge >= 0.3 is 0 Å². The Morgan fingerprint density at radius 2 is 1.55 bits per heavy atom. The minimum atomic E-state index is -0.114. The monoisotopic (exact) mass is 418 g/mol. The number of hydrogen-bond donors (Lipinski definition) is 1. The number of imide groups is 1. The molecule has 5 heteroatoms. The zero-order valence-electron chi connectivity index (χ0n) is 18.2. The molecule has 1 aromatic rings. The molecule has 0 radical (unpaired) electrons. The van der Waals surface area contributed by atoms with Crippen LogP contribution in [0, 0.1) is 55.3 Å². The maximum atomic E-state index is 13.3. The first-order valence-electron chi connectivity index (χ1n) is 11.9. The first-order valence-corrected chi connectivity index (χ1v) is 11.9. The van der Waals surface area contributed by atoms with E-state index in [0.717, 1.165) is 36.9 Å². The van der Waals surface area contributed by atoms with E-state index in [1.54, 1.807) is 4.90 Å². The number of nitrogens with zero attached hydrogens (tertiary/aromatic N) is 1. The summed E-state index contributed by atoms with van der Waals surface area (Å²) >= 11 is 0. The number of nitrogens with one attached hydrogen (secondary N) is 1. The van der Waals surface area contributed by atoms with Gasteiger partial charge in [-0.15, -0.1) is 0 Å². The lowest BCUT2D eigenvalue weighted by Crippen LogP contribution is -2.44. The van der Waals surface area contributed by atoms with Gasteiger partial charge in [0.25, 0.3) is 0 Å². The van der Waals surface area contributed by atoms with Crippen molar-refractivity contribution in [1.82, 2.24) is 4.90 Å². The van der Waals surface area contributed by atoms with Crippen LogP contribution < -0.4 is 5.32 Å². The molecule has 0 unspecified atom stereocenters. The van der Waals surface area contributed by atoms with E-state index in [-0.39, 0.29) is 53.4 Å². The van der Waals surface area contributed by atoms with Crippen molar-refractivity contribution in [2.45, 2.75) is 52.0 Å². The number of anilines is 1. The molecule has 1 aliphatic heterocycles. The van der Waals surface area contributed by atoms with Crippen molar-refractivity contribution in [2.75, 3.05) is 5.32 Å². The summed E-state index contributed by atoms with van der Waals surface area (Å²) in [5.74, 6) is 1.75. The Hall–Kier alpha value is -2.43. The maximum absolute atomic E-state index is 13.3. The van der Waals surface area contributed by atoms with E-state index >= 15 is 0 Å². The van der Waals surface area contributed by atoms with E-state index in [4.69, 9.17) is 0 Å². The van der Waals surface area contributed by atoms with Gasteiger partial charge in [-0.1, -0.05) is 29.8 Å². The summed E-state index contributed by atoms with van der Waals surface area (Å²) in [4.78, 5) is 41.1. The first kappa shape index (κ1) is 19.3. The minimum absolute atomic E-state index is 0.0357. The average molecular weight is 419 g/mol. The van der Waals surface area contributed by atoms with Gasteiger partial charge in [-0.2, -0.15) is 0 Å². The second kappa shape index (κ2) is 6.78. The summed E-state index contributed by atoms with van der Waals surface area (Å²) in [6, 6.07) is 6.01. The number of allylic oxidation sites excluding steroid dienone is 2. The lowest BCUT2D eigenvalue weighted by atomic mass is 9.63. The highest BCUT2D eigenvalue weighted by atomic mass is 16.2. The highest BCUT2D eigenvalue weighted by molar-refractivity contribution is 6.06. The Balaban J connectivity index is 1.11. The zero-order chi connectivity index (χ0) is 21.4. The summed E-state index contributed by atoms with van der Waals surface area (Å²) < 4.78 is 0. The van der Waals surface area contributed by atoms with Crippen molar-refractivity contribution in [3.63, 3.8) is 0 Å². The lowest BCUT2D eigenvalue weighted by molar-refractivity contribution is -0.144. The smallest absolute Gasteiger partial charge is 0.233 e. The summed E-state index contributed by atoms with van der Waals surface area (Å²) in [6.07, 6.45) is 8.56. The van der Waals surface area contributed by atoms with Crippen LogP contribution in [0.2, 0.25) is 0 Å². The first-order chi connectivity index (χ1) is 14.9. The third kappa shape index (κ3) is 2.85. The zero-order valence-corrected chi connectivity index (χ0v) is 18.2. The fourth-order valence-corrected chi connectivity index (χ4v) is 7.12. The highest BCUT2D eigenvalue weighted by Crippen LogP contribution is 2.65. The van der Waals surface area contributed by atoms with Crippen molar-refractivity contribution in [3.05, 3.63) is 41.5 Å². The number of carbonyl (C=O) groups is 3. The van der Waals surface area contributed by atoms with Gasteiger partial charge in [0, 0.05) is 17.6 Å². The SMILES string of the molecule is Cc1ccc(NC(=O)C2CCC(N3C(=O)[C@H]4[C@@H]5C=C[C@H]([C@H]6C[C@H]56)[C@@H]4C3=O)CC2)c(C)c1. The van der Waals surface area contributed by atoms with E-state index in [1.807, 2.05) is 26.0 Å². The molecule has 5 nitrogen and oxygen atoms in total. The second-order valence-electron chi connectivity index (χ2n) is 10.5. The van der Waals surface area contributed by atoms with Crippen molar-refractivity contribution in [2.24, 2.45) is 41.4 Å². The van der Waals surface area contributed by atoms with Gasteiger partial charge in [0.05, 0.1) is 11.8 Å². The predicted molar refractivity (Wildman–Crippen MR) is 117 cm³/mol. The standard InChI is InChI=1S/C26H30N2O3/c1-13-3-10-21(14(2)11-13)27-24(29)15-4-6-16(7-5-15)28-25(30)22-17-8-9-18(20-12-19(17)20)23(22)26(28)31/h3,8-11,15-20,22-23H,4-7,12H2,1-2H3,(H,27,29)/t15?,16?,17-,18-,19-,20-,22+,23+/m1/s1. The van der Waals surface area contributed by atoms with Gasteiger partial charge in [0.1, 0.15) is 0 Å². The molecule has 7 rings (SSSR count). The summed E-state index contributed by atoms with van der Waals surface area (Å²) in [5.41, 5.74) is 3.12. The fraction of sp³-hybridized carbons (Fsp3) is 0.577. The van der Waals surface area contributed by atoms with E-state index < -0.39 is 0 Å². The normalized spacial score (nSPS) is 40.0. The molecule has 6 atom stereocenters. The lowest BCUT2D eigenvalue weighted by Gasteiger charge is -2.37. The molecule has 3 amide bonds. The molecule has 31 heavy (non-hydrogen) atoms. The largest absolute Gasteiger partial charge is 0.326 e. The van der Waals surface area contributed by atoms with Gasteiger partial charge < -0.3 is 5.32 Å². The quantitative estimate of drug-likeness (QED) is 0.599. The Bertz CT molecular complexity index is 970. The molecule has 0 spiro atoms. The van der Waals surface area contributed by atoms with Crippen molar-refractivity contribution >= 4 is 23.4 Å². The fourth-order valence-electron chi connectivity index (χ4n) is 7.12. The molecular weight excluding hydrogens is 388 g/mol. The maximum Gasteiger partial charge on any atom is 0.233 e. The van der Waals surface area contributed by atoms with Crippen LogP contribution in [0.25, 0.3) is 0 Å². The Kier molecular flexibility index (Phi) is 4.22. The molecule has 0 aromatic heterocycles. The Morgan fingerprint density at radius 1 is 0.935 bits per heavy atom. The number of carbonyl (C=O) groups excluding carboxylic acids is 3. The third-order valence-electron chi connectivity index (χ3n) is 8.77. The van der Waals surface area contributed by atoms with Crippen molar-refractivity contribution < 1.29 is 14.4 Å². The molecule has 1 N–H and O–H groups in total. The van der Waals surface area contributed by atoms with Crippen LogP contribution in [0.4, 0.5) is 5.69 Å². The van der Waals surface area contributed by atoms with E-state index in [9.17, 15) is 14.4 Å². The number of amides is 3. The molecule has 2 bridgehead atoms. The van der Waals surface area contributed by atoms with Gasteiger partial charge in [-0.05, 0) is 81.3 Å². The van der Waals surface area contributed by atoms with Crippen molar-refractivity contribution in [1.29, 1.82) is 0 Å². The van der Waals surface area contributed by atoms with Crippen LogP contribution in [-0.2, 0) is 14.4 Å². The highest BCUT2D eigenvalue weighted by Gasteiger charge is 2.67. The Morgan fingerprint density at radius 3 is 2.13 bits per heavy atom. The molecule has 5 aliphatic carbocycles. The summed E-state index contributed by atoms with van der Waals surface area (Å²) in [7, 11) is 0. The molecule has 1 heterocycles. The number of hydrogen-bond acceptors (Lipinski definition) is 3. The van der Waals surface area contributed by atoms with Crippen LogP contribution >= 0.6 is 0 Å². The summed E-state index contributed by atoms with van der Waals surface area (Å²) in [5, 5.41) is 3.08. The molecule has 162 valence electrons. The van der Waals surface area contributed by atoms with Crippen LogP contribution in [0.3, 0.4) is 0 Å². The van der Waals surface area contributed by atoms with E-state index in [0.29, 0.717) is 11.8 Å². The predicted octanol–water partition coefficient (Wildman–Crippen LogP) is 3.85. The van der Waals surface area contributed by atoms with Crippen LogP contribution in [0.15, 0.2) is 30.4 Å². The topological polar surface area (TPSA) is 66.5 Å². The van der Waals surface area contributed by atoms with Gasteiger partial charge in [-0.25, -0.2) is 0 Å². The van der Waals surface area contributed by atoms with Crippen LogP contribution in [-0.4, -0.2) is 28.7 Å². The minimum Gasteiger partial charge on any atom is -0.326 e. The molecule has 1 aromatic carbocycles. The van der Waals surface area contributed by atoms with Crippen LogP contribution in [0.5, 0.6) is 0 Å². The molecule has 1 saturated heterocycles. The number of benzene rings is 1. The van der Waals surface area contributed by atoms with Crippen LogP contribution in [0.1, 0.15) is 43.2 Å². The average Bonchev–Trinajstić information content (AvgIpc) is 3.54. The van der Waals surface area contributed by atoms with E-state index in [1.165, 1.54) is 12.0 Å². The van der Waals surface area contributed by atoms with Gasteiger partial charge in [-0.3, -0.25) is 19.3 Å². The van der Waals surface area contributed by atoms with Gasteiger partial charge in [0.2, 0.25) is 17.7 Å². The summed E-state index contributed by atoms with van der Waals surface area (Å²) in [6.45, 7) is 4.05. The third-order valence-corrected chi connectivity index (χ3v) is 8.77. The Labute approximate surface area is 183 Å². The second-order valence-corrected chi connectivity index (χ2v) is 10.5. The number of likely N-dealkylation sites (tertiary alicyclic amines) is 1. The molecular formula is C26H30N2O3. The van der Waals surface area contributed by atoms with Crippen molar-refractivity contribution in [3.8, 4) is 0 Å². The van der Waals surface area contributed by atoms with E-state index in [2.05, 4.69) is 23.5 Å². The number of rotatable bonds is 3. The molecule has 6 aliphatic rings. The molecule has 4 fully saturated rings. The number of aryl methyl sites for hydroxylation is 2. The van der Waals surface area contributed by atoms with Gasteiger partial charge in [0.15, 0.2) is 0 Å².